The van der Waals surface area contributed by atoms with Gasteiger partial charge in [0.05, 0.1) is 12.7 Å². The van der Waals surface area contributed by atoms with E-state index in [1.807, 2.05) is 54.6 Å². The molecule has 1 N–H and O–H groups in total. The Balaban J connectivity index is 2.07. The molecule has 0 saturated heterocycles. The standard InChI is InChI=1S/C28H36O3Si/c1-27(2,3)26(31-32(4)5)25(29)21-30-28(22-15-9-6-10-16-22,23-17-11-7-12-18-23)24-19-13-8-14-20-24/h6-20,25-26,29,32H,21H2,1-5H3. The molecule has 0 aliphatic rings. The number of hydrogen-bond acceptors (Lipinski definition) is 3. The van der Waals surface area contributed by atoms with Gasteiger partial charge in [-0.25, -0.2) is 0 Å². The van der Waals surface area contributed by atoms with E-state index in [0.717, 1.165) is 16.7 Å². The van der Waals surface area contributed by atoms with E-state index in [2.05, 4.69) is 70.3 Å². The molecule has 3 aromatic carbocycles. The van der Waals surface area contributed by atoms with Crippen LogP contribution in [0, 0.1) is 5.41 Å². The van der Waals surface area contributed by atoms with Crippen LogP contribution in [0.4, 0.5) is 0 Å². The fourth-order valence-corrected chi connectivity index (χ4v) is 5.41. The van der Waals surface area contributed by atoms with Crippen LogP contribution in [0.3, 0.4) is 0 Å². The fraction of sp³-hybridized carbons (Fsp3) is 0.357. The van der Waals surface area contributed by atoms with E-state index in [-0.39, 0.29) is 18.1 Å². The molecule has 32 heavy (non-hydrogen) atoms. The topological polar surface area (TPSA) is 38.7 Å². The van der Waals surface area contributed by atoms with Crippen LogP contribution in [0.25, 0.3) is 0 Å². The zero-order valence-corrected chi connectivity index (χ0v) is 21.0. The van der Waals surface area contributed by atoms with Gasteiger partial charge in [0.25, 0.3) is 0 Å². The predicted molar refractivity (Wildman–Crippen MR) is 134 cm³/mol. The summed E-state index contributed by atoms with van der Waals surface area (Å²) in [5.74, 6) is 0. The highest BCUT2D eigenvalue weighted by atomic mass is 28.3. The van der Waals surface area contributed by atoms with Crippen molar-refractivity contribution < 1.29 is 14.3 Å². The van der Waals surface area contributed by atoms with Crippen molar-refractivity contribution in [2.45, 2.75) is 51.7 Å². The van der Waals surface area contributed by atoms with Crippen molar-refractivity contribution in [3.8, 4) is 0 Å². The number of ether oxygens (including phenoxy) is 1. The van der Waals surface area contributed by atoms with E-state index in [1.54, 1.807) is 0 Å². The summed E-state index contributed by atoms with van der Waals surface area (Å²) in [6, 6.07) is 30.7. The number of aliphatic hydroxyl groups excluding tert-OH is 1. The maximum Gasteiger partial charge on any atom is 0.171 e. The third-order valence-corrected chi connectivity index (χ3v) is 6.47. The zero-order valence-electron chi connectivity index (χ0n) is 19.9. The molecular formula is C28H36O3Si. The van der Waals surface area contributed by atoms with Crippen LogP contribution in [0.15, 0.2) is 91.0 Å². The minimum atomic E-state index is -1.35. The summed E-state index contributed by atoms with van der Waals surface area (Å²) in [7, 11) is -1.35. The molecular weight excluding hydrogens is 412 g/mol. The van der Waals surface area contributed by atoms with E-state index < -0.39 is 20.7 Å². The third-order valence-electron chi connectivity index (χ3n) is 5.63. The molecule has 0 fully saturated rings. The third kappa shape index (κ3) is 5.57. The van der Waals surface area contributed by atoms with Crippen molar-refractivity contribution >= 4 is 9.04 Å². The highest BCUT2D eigenvalue weighted by molar-refractivity contribution is 6.48. The number of hydrogen-bond donors (Lipinski definition) is 1. The van der Waals surface area contributed by atoms with Gasteiger partial charge >= 0.3 is 0 Å². The Morgan fingerprint density at radius 2 is 1.09 bits per heavy atom. The Morgan fingerprint density at radius 3 is 1.41 bits per heavy atom. The van der Waals surface area contributed by atoms with Crippen molar-refractivity contribution in [2.75, 3.05) is 6.61 Å². The molecule has 170 valence electrons. The summed E-state index contributed by atoms with van der Waals surface area (Å²) >= 11 is 0. The van der Waals surface area contributed by atoms with Crippen molar-refractivity contribution in [1.29, 1.82) is 0 Å². The molecule has 0 bridgehead atoms. The number of benzene rings is 3. The lowest BCUT2D eigenvalue weighted by Gasteiger charge is -2.40. The zero-order chi connectivity index (χ0) is 23.2. The lowest BCUT2D eigenvalue weighted by molar-refractivity contribution is -0.0975. The Kier molecular flexibility index (Phi) is 8.07. The lowest BCUT2D eigenvalue weighted by Crippen LogP contribution is -2.46. The van der Waals surface area contributed by atoms with Gasteiger partial charge in [0.15, 0.2) is 9.04 Å². The average Bonchev–Trinajstić information content (AvgIpc) is 2.79. The summed E-state index contributed by atoms with van der Waals surface area (Å²) in [4.78, 5) is 0. The maximum absolute atomic E-state index is 11.3. The second-order valence-electron chi connectivity index (χ2n) is 9.63. The van der Waals surface area contributed by atoms with Gasteiger partial charge in [-0.1, -0.05) is 112 Å². The molecule has 4 heteroatoms. The van der Waals surface area contributed by atoms with Crippen molar-refractivity contribution in [3.63, 3.8) is 0 Å². The maximum atomic E-state index is 11.3. The van der Waals surface area contributed by atoms with Crippen LogP contribution in [0.5, 0.6) is 0 Å². The molecule has 0 aliphatic heterocycles. The highest BCUT2D eigenvalue weighted by Crippen LogP contribution is 2.41. The second-order valence-corrected chi connectivity index (χ2v) is 12.0. The van der Waals surface area contributed by atoms with E-state index in [1.165, 1.54) is 0 Å². The van der Waals surface area contributed by atoms with Crippen LogP contribution in [-0.4, -0.2) is 33.0 Å². The first kappa shape index (κ1) is 24.4. The number of rotatable bonds is 9. The molecule has 3 aromatic rings. The summed E-state index contributed by atoms with van der Waals surface area (Å²) in [5.41, 5.74) is 2.03. The first-order valence-electron chi connectivity index (χ1n) is 11.4. The molecule has 0 spiro atoms. The van der Waals surface area contributed by atoms with E-state index in [4.69, 9.17) is 9.16 Å². The average molecular weight is 449 g/mol. The van der Waals surface area contributed by atoms with Gasteiger partial charge in [-0.05, 0) is 35.2 Å². The van der Waals surface area contributed by atoms with Gasteiger partial charge in [-0.15, -0.1) is 0 Å². The molecule has 3 rings (SSSR count). The van der Waals surface area contributed by atoms with Gasteiger partial charge in [-0.2, -0.15) is 0 Å². The van der Waals surface area contributed by atoms with Crippen molar-refractivity contribution in [3.05, 3.63) is 108 Å². The van der Waals surface area contributed by atoms with Gasteiger partial charge in [0.1, 0.15) is 11.7 Å². The molecule has 0 aromatic heterocycles. The summed E-state index contributed by atoms with van der Waals surface area (Å²) < 4.78 is 13.1. The Labute approximate surface area is 194 Å². The van der Waals surface area contributed by atoms with Crippen molar-refractivity contribution in [2.24, 2.45) is 5.41 Å². The van der Waals surface area contributed by atoms with Gasteiger partial charge < -0.3 is 14.3 Å². The van der Waals surface area contributed by atoms with Crippen LogP contribution in [0.2, 0.25) is 13.1 Å². The summed E-state index contributed by atoms with van der Waals surface area (Å²) in [6.07, 6.45) is -1.05. The quantitative estimate of drug-likeness (QED) is 0.334. The van der Waals surface area contributed by atoms with E-state index in [9.17, 15) is 5.11 Å². The smallest absolute Gasteiger partial charge is 0.171 e. The highest BCUT2D eigenvalue weighted by Gasteiger charge is 2.40. The monoisotopic (exact) mass is 448 g/mol. The Morgan fingerprint density at radius 1 is 0.719 bits per heavy atom. The molecule has 3 nitrogen and oxygen atoms in total. The van der Waals surface area contributed by atoms with E-state index >= 15 is 0 Å². The first-order chi connectivity index (χ1) is 15.2. The predicted octanol–water partition coefficient (Wildman–Crippen LogP) is 5.77. The summed E-state index contributed by atoms with van der Waals surface area (Å²) in [5, 5.41) is 11.3. The largest absolute Gasteiger partial charge is 0.414 e. The van der Waals surface area contributed by atoms with Crippen LogP contribution in [-0.2, 0) is 14.8 Å². The second kappa shape index (κ2) is 10.6. The van der Waals surface area contributed by atoms with Gasteiger partial charge in [-0.3, -0.25) is 0 Å². The van der Waals surface area contributed by atoms with E-state index in [0.29, 0.717) is 0 Å². The Hall–Kier alpha value is -2.24. The molecule has 0 amide bonds. The first-order valence-corrected chi connectivity index (χ1v) is 14.2. The van der Waals surface area contributed by atoms with Crippen LogP contribution < -0.4 is 0 Å². The molecule has 0 aliphatic carbocycles. The Bertz CT molecular complexity index is 840. The molecule has 2 atom stereocenters. The normalized spacial score (nSPS) is 14.3. The van der Waals surface area contributed by atoms with Gasteiger partial charge in [0.2, 0.25) is 0 Å². The molecule has 2 unspecified atom stereocenters. The number of aliphatic hydroxyl groups is 1. The molecule has 0 radical (unpaired) electrons. The van der Waals surface area contributed by atoms with Crippen molar-refractivity contribution in [1.82, 2.24) is 0 Å². The van der Waals surface area contributed by atoms with Crippen LogP contribution >= 0.6 is 0 Å². The molecule has 0 saturated carbocycles. The fourth-order valence-electron chi connectivity index (χ4n) is 4.23. The minimum Gasteiger partial charge on any atom is -0.414 e. The lowest BCUT2D eigenvalue weighted by atomic mass is 9.80. The van der Waals surface area contributed by atoms with Gasteiger partial charge in [0, 0.05) is 0 Å². The minimum absolute atomic E-state index is 0.155. The summed E-state index contributed by atoms with van der Waals surface area (Å²) in [6.45, 7) is 10.7. The SMILES string of the molecule is C[SiH](C)OC(C(O)COC(c1ccccc1)(c1ccccc1)c1ccccc1)C(C)(C)C. The van der Waals surface area contributed by atoms with Crippen LogP contribution in [0.1, 0.15) is 37.5 Å². The molecule has 0 heterocycles.